The topological polar surface area (TPSA) is 74.6 Å². The lowest BCUT2D eigenvalue weighted by molar-refractivity contribution is -0.157. The molecule has 0 aromatic heterocycles. The first-order valence-corrected chi connectivity index (χ1v) is 5.56. The fourth-order valence-electron chi connectivity index (χ4n) is 2.30. The maximum Gasteiger partial charge on any atom is 0.315 e. The molecule has 1 rings (SSSR count). The molecule has 4 nitrogen and oxygen atoms in total. The van der Waals surface area contributed by atoms with E-state index in [0.29, 0.717) is 12.0 Å². The van der Waals surface area contributed by atoms with Crippen molar-refractivity contribution in [2.75, 3.05) is 0 Å². The molecule has 2 N–H and O–H groups in total. The largest absolute Gasteiger partial charge is 0.481 e. The molecule has 0 heterocycles. The van der Waals surface area contributed by atoms with Crippen molar-refractivity contribution in [3.05, 3.63) is 49.1 Å². The number of allylic oxidation sites excluding steroid dienone is 4. The molecule has 0 spiro atoms. The molecule has 0 fully saturated rings. The van der Waals surface area contributed by atoms with Gasteiger partial charge in [0.2, 0.25) is 0 Å². The smallest absolute Gasteiger partial charge is 0.315 e. The normalized spacial score (nSPS) is 26.2. The Morgan fingerprint density at radius 2 is 2.00 bits per heavy atom. The fraction of sp³-hybridized carbons (Fsp3) is 0.286. The highest BCUT2D eigenvalue weighted by Crippen LogP contribution is 2.42. The third kappa shape index (κ3) is 2.27. The van der Waals surface area contributed by atoms with Gasteiger partial charge in [0.05, 0.1) is 5.92 Å². The van der Waals surface area contributed by atoms with Crippen molar-refractivity contribution in [3.8, 4) is 0 Å². The van der Waals surface area contributed by atoms with Gasteiger partial charge in [-0.15, -0.1) is 13.2 Å². The van der Waals surface area contributed by atoms with Crippen LogP contribution in [0.15, 0.2) is 49.1 Å². The van der Waals surface area contributed by atoms with Crippen LogP contribution >= 0.6 is 0 Å². The van der Waals surface area contributed by atoms with Crippen LogP contribution in [0.25, 0.3) is 0 Å². The summed E-state index contributed by atoms with van der Waals surface area (Å²) in [7, 11) is 0. The molecule has 0 bridgehead atoms. The molecular formula is C14H16O4. The van der Waals surface area contributed by atoms with E-state index in [9.17, 15) is 19.8 Å². The van der Waals surface area contributed by atoms with Crippen LogP contribution in [0.2, 0.25) is 0 Å². The minimum absolute atomic E-state index is 0.0737. The zero-order chi connectivity index (χ0) is 13.8. The SMILES string of the molecule is C=CCC1=CC=CC(CC=C)(C(=O)O)C1C(=O)O. The number of rotatable bonds is 6. The van der Waals surface area contributed by atoms with Gasteiger partial charge in [-0.1, -0.05) is 36.0 Å². The monoisotopic (exact) mass is 248 g/mol. The summed E-state index contributed by atoms with van der Waals surface area (Å²) >= 11 is 0. The van der Waals surface area contributed by atoms with Crippen molar-refractivity contribution in [1.82, 2.24) is 0 Å². The zero-order valence-electron chi connectivity index (χ0n) is 10.0. The molecule has 1 aliphatic rings. The average Bonchev–Trinajstić information content (AvgIpc) is 2.29. The predicted octanol–water partition coefficient (Wildman–Crippen LogP) is 2.41. The van der Waals surface area contributed by atoms with Crippen LogP contribution in [-0.4, -0.2) is 22.2 Å². The summed E-state index contributed by atoms with van der Waals surface area (Å²) in [6, 6.07) is 0. The van der Waals surface area contributed by atoms with E-state index < -0.39 is 23.3 Å². The van der Waals surface area contributed by atoms with E-state index in [4.69, 9.17) is 0 Å². The zero-order valence-corrected chi connectivity index (χ0v) is 10.0. The molecule has 2 unspecified atom stereocenters. The van der Waals surface area contributed by atoms with E-state index in [1.807, 2.05) is 0 Å². The van der Waals surface area contributed by atoms with Gasteiger partial charge in [0.25, 0.3) is 0 Å². The molecule has 0 saturated carbocycles. The quantitative estimate of drug-likeness (QED) is 0.708. The van der Waals surface area contributed by atoms with Gasteiger partial charge in [0.15, 0.2) is 0 Å². The predicted molar refractivity (Wildman–Crippen MR) is 68.0 cm³/mol. The van der Waals surface area contributed by atoms with Gasteiger partial charge < -0.3 is 10.2 Å². The second-order valence-electron chi connectivity index (χ2n) is 4.20. The molecule has 18 heavy (non-hydrogen) atoms. The van der Waals surface area contributed by atoms with Crippen LogP contribution in [0.1, 0.15) is 12.8 Å². The highest BCUT2D eigenvalue weighted by atomic mass is 16.4. The van der Waals surface area contributed by atoms with E-state index in [1.165, 1.54) is 12.2 Å². The summed E-state index contributed by atoms with van der Waals surface area (Å²) < 4.78 is 0. The molecule has 1 aliphatic carbocycles. The van der Waals surface area contributed by atoms with Crippen LogP contribution < -0.4 is 0 Å². The highest BCUT2D eigenvalue weighted by Gasteiger charge is 2.49. The highest BCUT2D eigenvalue weighted by molar-refractivity contribution is 5.88. The van der Waals surface area contributed by atoms with Gasteiger partial charge >= 0.3 is 11.9 Å². The molecular weight excluding hydrogens is 232 g/mol. The summed E-state index contributed by atoms with van der Waals surface area (Å²) in [5.74, 6) is -3.38. The minimum Gasteiger partial charge on any atom is -0.481 e. The number of carbonyl (C=O) groups is 2. The van der Waals surface area contributed by atoms with Gasteiger partial charge in [0, 0.05) is 0 Å². The standard InChI is InChI=1S/C14H16O4/c1-3-6-10-7-5-9-14(8-4-2,13(17)18)11(10)12(15)16/h3-5,7,9,11H,1-2,6,8H2,(H,15,16)(H,17,18). The van der Waals surface area contributed by atoms with Crippen molar-refractivity contribution in [2.45, 2.75) is 12.8 Å². The van der Waals surface area contributed by atoms with E-state index in [2.05, 4.69) is 13.2 Å². The number of carboxylic acids is 2. The van der Waals surface area contributed by atoms with Gasteiger partial charge in [0.1, 0.15) is 5.41 Å². The van der Waals surface area contributed by atoms with E-state index in [1.54, 1.807) is 18.2 Å². The van der Waals surface area contributed by atoms with E-state index in [0.717, 1.165) is 0 Å². The molecule has 4 heteroatoms. The first-order chi connectivity index (χ1) is 8.49. The van der Waals surface area contributed by atoms with E-state index >= 15 is 0 Å². The van der Waals surface area contributed by atoms with Crippen LogP contribution in [-0.2, 0) is 9.59 Å². The Hall–Kier alpha value is -2.10. The van der Waals surface area contributed by atoms with Crippen molar-refractivity contribution >= 4 is 11.9 Å². The second-order valence-corrected chi connectivity index (χ2v) is 4.20. The van der Waals surface area contributed by atoms with Crippen molar-refractivity contribution in [3.63, 3.8) is 0 Å². The summed E-state index contributed by atoms with van der Waals surface area (Å²) in [6.45, 7) is 7.08. The number of aliphatic carboxylic acids is 2. The third-order valence-electron chi connectivity index (χ3n) is 3.10. The summed E-state index contributed by atoms with van der Waals surface area (Å²) in [5.41, 5.74) is -0.912. The maximum atomic E-state index is 11.5. The molecule has 0 aliphatic heterocycles. The Balaban J connectivity index is 3.33. The summed E-state index contributed by atoms with van der Waals surface area (Å²) in [5, 5.41) is 18.7. The molecule has 0 saturated heterocycles. The third-order valence-corrected chi connectivity index (χ3v) is 3.10. The van der Waals surface area contributed by atoms with Crippen LogP contribution in [0.3, 0.4) is 0 Å². The van der Waals surface area contributed by atoms with Gasteiger partial charge in [-0.05, 0) is 12.8 Å². The first-order valence-electron chi connectivity index (χ1n) is 5.56. The van der Waals surface area contributed by atoms with Crippen LogP contribution in [0.4, 0.5) is 0 Å². The van der Waals surface area contributed by atoms with Gasteiger partial charge in [-0.25, -0.2) is 0 Å². The lowest BCUT2D eigenvalue weighted by atomic mass is 9.66. The minimum atomic E-state index is -1.46. The summed E-state index contributed by atoms with van der Waals surface area (Å²) in [6.07, 6.45) is 8.10. The molecule has 0 amide bonds. The lowest BCUT2D eigenvalue weighted by Gasteiger charge is -2.34. The van der Waals surface area contributed by atoms with Crippen LogP contribution in [0, 0.1) is 11.3 Å². The average molecular weight is 248 g/mol. The lowest BCUT2D eigenvalue weighted by Crippen LogP contribution is -2.43. The number of carboxylic acid groups (broad SMARTS) is 2. The van der Waals surface area contributed by atoms with Crippen molar-refractivity contribution < 1.29 is 19.8 Å². The molecule has 0 aromatic carbocycles. The van der Waals surface area contributed by atoms with Crippen molar-refractivity contribution in [1.29, 1.82) is 0 Å². The molecule has 0 radical (unpaired) electrons. The Morgan fingerprint density at radius 3 is 2.44 bits per heavy atom. The van der Waals surface area contributed by atoms with Crippen LogP contribution in [0.5, 0.6) is 0 Å². The Morgan fingerprint density at radius 1 is 1.33 bits per heavy atom. The Kier molecular flexibility index (Phi) is 4.26. The molecule has 0 aromatic rings. The van der Waals surface area contributed by atoms with E-state index in [-0.39, 0.29) is 6.42 Å². The maximum absolute atomic E-state index is 11.5. The fourth-order valence-corrected chi connectivity index (χ4v) is 2.30. The number of hydrogen-bond donors (Lipinski definition) is 2. The first kappa shape index (κ1) is 14.0. The Bertz CT molecular complexity index is 445. The Labute approximate surface area is 106 Å². The molecule has 2 atom stereocenters. The number of hydrogen-bond acceptors (Lipinski definition) is 2. The van der Waals surface area contributed by atoms with Gasteiger partial charge in [-0.3, -0.25) is 9.59 Å². The van der Waals surface area contributed by atoms with Crippen molar-refractivity contribution in [2.24, 2.45) is 11.3 Å². The second kappa shape index (κ2) is 5.49. The van der Waals surface area contributed by atoms with Gasteiger partial charge in [-0.2, -0.15) is 0 Å². The summed E-state index contributed by atoms with van der Waals surface area (Å²) in [4.78, 5) is 22.9. The molecule has 96 valence electrons.